The van der Waals surface area contributed by atoms with E-state index in [-0.39, 0.29) is 18.0 Å². The summed E-state index contributed by atoms with van der Waals surface area (Å²) >= 11 is 3.50. The molecule has 1 N–H and O–H groups in total. The van der Waals surface area contributed by atoms with E-state index in [1.807, 2.05) is 38.1 Å². The van der Waals surface area contributed by atoms with Crippen LogP contribution in [0.1, 0.15) is 41.4 Å². The first kappa shape index (κ1) is 18.9. The second-order valence-electron chi connectivity index (χ2n) is 6.67. The first-order chi connectivity index (χ1) is 12.2. The predicted octanol–water partition coefficient (Wildman–Crippen LogP) is 3.65. The second kappa shape index (κ2) is 7.04. The fraction of sp³-hybridized carbons (Fsp3) is 0.316. The van der Waals surface area contributed by atoms with E-state index < -0.39 is 10.0 Å². The largest absolute Gasteiger partial charge is 0.345 e. The lowest BCUT2D eigenvalue weighted by atomic mass is 10.0. The quantitative estimate of drug-likeness (QED) is 0.794. The van der Waals surface area contributed by atoms with Crippen molar-refractivity contribution in [2.75, 3.05) is 10.6 Å². The summed E-state index contributed by atoms with van der Waals surface area (Å²) in [4.78, 5) is 12.6. The van der Waals surface area contributed by atoms with Gasteiger partial charge in [0.2, 0.25) is 10.0 Å². The molecular formula is C19H21BrN2O3S. The smallest absolute Gasteiger partial charge is 0.251 e. The van der Waals surface area contributed by atoms with E-state index in [1.54, 1.807) is 18.2 Å². The molecule has 0 bridgehead atoms. The summed E-state index contributed by atoms with van der Waals surface area (Å²) in [5, 5.41) is 3.00. The van der Waals surface area contributed by atoms with Crippen LogP contribution in [0, 0.1) is 0 Å². The molecule has 3 rings (SSSR count). The Kier molecular flexibility index (Phi) is 5.12. The lowest BCUT2D eigenvalue weighted by Gasteiger charge is -2.22. The highest BCUT2D eigenvalue weighted by Crippen LogP contribution is 2.34. The normalized spacial score (nSPS) is 17.7. The molecule has 5 nitrogen and oxygen atoms in total. The maximum Gasteiger partial charge on any atom is 0.251 e. The molecule has 0 radical (unpaired) electrons. The molecule has 1 amide bonds. The minimum absolute atomic E-state index is 0.141. The van der Waals surface area contributed by atoms with Crippen LogP contribution < -0.4 is 9.62 Å². The summed E-state index contributed by atoms with van der Waals surface area (Å²) in [6, 6.07) is 12.7. The number of rotatable bonds is 4. The third-order valence-electron chi connectivity index (χ3n) is 4.57. The minimum atomic E-state index is -3.33. The van der Waals surface area contributed by atoms with Crippen molar-refractivity contribution in [3.05, 3.63) is 63.6 Å². The van der Waals surface area contributed by atoms with Crippen LogP contribution in [-0.4, -0.2) is 26.6 Å². The van der Waals surface area contributed by atoms with E-state index in [1.165, 1.54) is 10.6 Å². The fourth-order valence-corrected chi connectivity index (χ4v) is 5.33. The van der Waals surface area contributed by atoms with Crippen molar-refractivity contribution >= 4 is 37.5 Å². The SMILES string of the molecule is C[C@H](NC(=O)c1ccc2c(c1)C[C@H](C)N2S(C)(=O)=O)c1ccccc1Br. The Labute approximate surface area is 162 Å². The monoisotopic (exact) mass is 436 g/mol. The summed E-state index contributed by atoms with van der Waals surface area (Å²) in [5.41, 5.74) is 3.07. The van der Waals surface area contributed by atoms with Gasteiger partial charge < -0.3 is 5.32 Å². The molecule has 0 saturated carbocycles. The number of benzene rings is 2. The van der Waals surface area contributed by atoms with E-state index in [0.717, 1.165) is 15.6 Å². The minimum Gasteiger partial charge on any atom is -0.345 e. The van der Waals surface area contributed by atoms with E-state index in [2.05, 4.69) is 21.2 Å². The molecule has 26 heavy (non-hydrogen) atoms. The number of nitrogens with one attached hydrogen (secondary N) is 1. The zero-order valence-corrected chi connectivity index (χ0v) is 17.3. The highest BCUT2D eigenvalue weighted by Gasteiger charge is 2.32. The average molecular weight is 437 g/mol. The molecule has 0 spiro atoms. The van der Waals surface area contributed by atoms with Crippen molar-refractivity contribution in [2.24, 2.45) is 0 Å². The standard InChI is InChI=1S/C19H21BrN2O3S/c1-12-10-15-11-14(8-9-18(15)22(12)26(3,24)25)19(23)21-13(2)16-6-4-5-7-17(16)20/h4-9,11-13H,10H2,1-3H3,(H,21,23)/t12-,13-/m0/s1. The first-order valence-electron chi connectivity index (χ1n) is 8.36. The van der Waals surface area contributed by atoms with Crippen molar-refractivity contribution in [3.8, 4) is 0 Å². The van der Waals surface area contributed by atoms with Crippen LogP contribution in [0.2, 0.25) is 0 Å². The van der Waals surface area contributed by atoms with Crippen molar-refractivity contribution in [3.63, 3.8) is 0 Å². The van der Waals surface area contributed by atoms with Gasteiger partial charge >= 0.3 is 0 Å². The van der Waals surface area contributed by atoms with Gasteiger partial charge in [-0.05, 0) is 55.7 Å². The van der Waals surface area contributed by atoms with Gasteiger partial charge in [0.1, 0.15) is 0 Å². The van der Waals surface area contributed by atoms with Crippen LogP contribution in [0.5, 0.6) is 0 Å². The summed E-state index contributed by atoms with van der Waals surface area (Å²) in [5.74, 6) is -0.179. The Bertz CT molecular complexity index is 959. The van der Waals surface area contributed by atoms with E-state index in [9.17, 15) is 13.2 Å². The number of nitrogens with zero attached hydrogens (tertiary/aromatic N) is 1. The van der Waals surface area contributed by atoms with Crippen molar-refractivity contribution in [2.45, 2.75) is 32.4 Å². The first-order valence-corrected chi connectivity index (χ1v) is 11.0. The Morgan fingerprint density at radius 2 is 1.96 bits per heavy atom. The van der Waals surface area contributed by atoms with Crippen LogP contribution in [0.4, 0.5) is 5.69 Å². The average Bonchev–Trinajstić information content (AvgIpc) is 2.89. The van der Waals surface area contributed by atoms with Crippen LogP contribution in [0.15, 0.2) is 46.9 Å². The van der Waals surface area contributed by atoms with Gasteiger partial charge in [0.25, 0.3) is 5.91 Å². The van der Waals surface area contributed by atoms with Crippen LogP contribution >= 0.6 is 15.9 Å². The highest BCUT2D eigenvalue weighted by molar-refractivity contribution is 9.10. The zero-order chi connectivity index (χ0) is 19.1. The van der Waals surface area contributed by atoms with Crippen LogP contribution in [0.25, 0.3) is 0 Å². The van der Waals surface area contributed by atoms with Crippen LogP contribution in [0.3, 0.4) is 0 Å². The lowest BCUT2D eigenvalue weighted by Crippen LogP contribution is -2.34. The zero-order valence-electron chi connectivity index (χ0n) is 14.9. The Morgan fingerprint density at radius 3 is 2.62 bits per heavy atom. The summed E-state index contributed by atoms with van der Waals surface area (Å²) < 4.78 is 26.4. The van der Waals surface area contributed by atoms with Gasteiger partial charge in [0.05, 0.1) is 18.0 Å². The van der Waals surface area contributed by atoms with Gasteiger partial charge in [-0.15, -0.1) is 0 Å². The van der Waals surface area contributed by atoms with E-state index >= 15 is 0 Å². The van der Waals surface area contributed by atoms with Crippen molar-refractivity contribution < 1.29 is 13.2 Å². The molecule has 7 heteroatoms. The van der Waals surface area contributed by atoms with Crippen LogP contribution in [-0.2, 0) is 16.4 Å². The molecular weight excluding hydrogens is 416 g/mol. The molecule has 2 aromatic rings. The number of hydrogen-bond acceptors (Lipinski definition) is 3. The molecule has 0 aliphatic carbocycles. The molecule has 1 aliphatic heterocycles. The van der Waals surface area contributed by atoms with E-state index in [0.29, 0.717) is 17.7 Å². The summed E-state index contributed by atoms with van der Waals surface area (Å²) in [6.45, 7) is 3.80. The number of hydrogen-bond donors (Lipinski definition) is 1. The Balaban J connectivity index is 1.82. The Hall–Kier alpha value is -1.86. The van der Waals surface area contributed by atoms with Gasteiger partial charge in [0.15, 0.2) is 0 Å². The second-order valence-corrected chi connectivity index (χ2v) is 9.39. The van der Waals surface area contributed by atoms with Gasteiger partial charge in [-0.3, -0.25) is 9.10 Å². The topological polar surface area (TPSA) is 66.5 Å². The van der Waals surface area contributed by atoms with Crippen molar-refractivity contribution in [1.29, 1.82) is 0 Å². The van der Waals surface area contributed by atoms with Gasteiger partial charge in [-0.1, -0.05) is 34.1 Å². The molecule has 0 fully saturated rings. The number of anilines is 1. The number of amides is 1. The molecule has 0 aromatic heterocycles. The third kappa shape index (κ3) is 3.64. The van der Waals surface area contributed by atoms with E-state index in [4.69, 9.17) is 0 Å². The molecule has 2 atom stereocenters. The van der Waals surface area contributed by atoms with Crippen molar-refractivity contribution in [1.82, 2.24) is 5.32 Å². The molecule has 0 unspecified atom stereocenters. The molecule has 2 aromatic carbocycles. The number of fused-ring (bicyclic) bond motifs is 1. The molecule has 138 valence electrons. The summed E-state index contributed by atoms with van der Waals surface area (Å²) in [6.07, 6.45) is 1.81. The molecule has 1 heterocycles. The fourth-order valence-electron chi connectivity index (χ4n) is 3.43. The number of carbonyl (C=O) groups excluding carboxylic acids is 1. The summed E-state index contributed by atoms with van der Waals surface area (Å²) in [7, 11) is -3.33. The predicted molar refractivity (Wildman–Crippen MR) is 107 cm³/mol. The number of carbonyl (C=O) groups is 1. The Morgan fingerprint density at radius 1 is 1.27 bits per heavy atom. The lowest BCUT2D eigenvalue weighted by molar-refractivity contribution is 0.0939. The third-order valence-corrected chi connectivity index (χ3v) is 6.56. The number of halogens is 1. The number of sulfonamides is 1. The maximum atomic E-state index is 12.6. The van der Waals surface area contributed by atoms with Gasteiger partial charge in [-0.25, -0.2) is 8.42 Å². The van der Waals surface area contributed by atoms with Gasteiger partial charge in [0, 0.05) is 16.1 Å². The molecule has 0 saturated heterocycles. The maximum absolute atomic E-state index is 12.6. The van der Waals surface area contributed by atoms with Gasteiger partial charge in [-0.2, -0.15) is 0 Å². The highest BCUT2D eigenvalue weighted by atomic mass is 79.9. The molecule has 1 aliphatic rings.